The van der Waals surface area contributed by atoms with E-state index in [2.05, 4.69) is 70.7 Å². The zero-order valence-electron chi connectivity index (χ0n) is 21.3. The molecule has 1 aromatic carbocycles. The molecule has 0 bridgehead atoms. The predicted octanol–water partition coefficient (Wildman–Crippen LogP) is 4.78. The fourth-order valence-electron chi connectivity index (χ4n) is 4.75. The molecular weight excluding hydrogens is 530 g/mol. The highest BCUT2D eigenvalue weighted by Crippen LogP contribution is 2.16. The number of rotatable bonds is 0. The fraction of sp³-hybridized carbons (Fsp3) is 0.516. The number of aromatic nitrogens is 5. The molecule has 0 amide bonds. The number of thiazole rings is 1. The molecule has 6 N–H and O–H groups in total. The van der Waals surface area contributed by atoms with E-state index in [1.165, 1.54) is 50.8 Å². The average molecular weight is 584 g/mol. The number of H-pyrrole nitrogens is 2. The van der Waals surface area contributed by atoms with E-state index in [1.54, 1.807) is 17.7 Å². The lowest BCUT2D eigenvalue weighted by Gasteiger charge is -2.15. The van der Waals surface area contributed by atoms with Crippen LogP contribution in [0.2, 0.25) is 0 Å². The number of fused-ring (bicyclic) bond motifs is 4. The predicted molar refractivity (Wildman–Crippen MR) is 174 cm³/mol. The summed E-state index contributed by atoms with van der Waals surface area (Å²) in [4.78, 5) is 12.9. The molecule has 228 valence electrons. The van der Waals surface area contributed by atoms with E-state index < -0.39 is 0 Å². The Kier molecular flexibility index (Phi) is 17.0. The maximum absolute atomic E-state index is 4.24. The van der Waals surface area contributed by atoms with Gasteiger partial charge in [-0.1, -0.05) is 54.0 Å². The van der Waals surface area contributed by atoms with Crippen molar-refractivity contribution in [3.05, 3.63) is 86.6 Å². The SMILES string of the molecule is C.C.C.C.c1ccc2c(c1)CCNC2.c1n[nH]c2c1CCNC2.c1nc2c([nH]1)CNCC2.c1nc2c(s1)CNCC2. The van der Waals surface area contributed by atoms with Crippen molar-refractivity contribution in [1.29, 1.82) is 0 Å². The van der Waals surface area contributed by atoms with Crippen molar-refractivity contribution < 1.29 is 0 Å². The van der Waals surface area contributed by atoms with Crippen molar-refractivity contribution in [2.24, 2.45) is 0 Å². The molecule has 0 spiro atoms. The third kappa shape index (κ3) is 10.5. The van der Waals surface area contributed by atoms with Crippen LogP contribution in [-0.4, -0.2) is 51.3 Å². The van der Waals surface area contributed by atoms with Gasteiger partial charge in [0.2, 0.25) is 0 Å². The molecular formula is C31H53N9S. The molecule has 0 radical (unpaired) electrons. The van der Waals surface area contributed by atoms with E-state index in [1.807, 2.05) is 11.7 Å². The first-order valence-electron chi connectivity index (χ1n) is 13.2. The normalized spacial score (nSPS) is 15.4. The quantitative estimate of drug-likeness (QED) is 0.176. The molecule has 0 unspecified atom stereocenters. The van der Waals surface area contributed by atoms with Gasteiger partial charge in [0.15, 0.2) is 0 Å². The summed E-state index contributed by atoms with van der Waals surface area (Å²) in [6.45, 7) is 8.37. The molecule has 0 saturated carbocycles. The number of nitrogens with zero attached hydrogens (tertiary/aromatic N) is 3. The van der Waals surface area contributed by atoms with E-state index in [9.17, 15) is 0 Å². The van der Waals surface area contributed by atoms with Gasteiger partial charge in [-0.25, -0.2) is 9.97 Å². The zero-order chi connectivity index (χ0) is 25.1. The van der Waals surface area contributed by atoms with E-state index in [0.717, 1.165) is 71.6 Å². The zero-order valence-corrected chi connectivity index (χ0v) is 22.1. The summed E-state index contributed by atoms with van der Waals surface area (Å²) in [5.74, 6) is 0. The lowest BCUT2D eigenvalue weighted by molar-refractivity contribution is 0.627. The largest absolute Gasteiger partial charge is 0.347 e. The number of benzene rings is 1. The van der Waals surface area contributed by atoms with Gasteiger partial charge >= 0.3 is 0 Å². The molecule has 4 aliphatic heterocycles. The number of imidazole rings is 1. The van der Waals surface area contributed by atoms with Crippen LogP contribution in [0.3, 0.4) is 0 Å². The van der Waals surface area contributed by atoms with E-state index in [-0.39, 0.29) is 29.7 Å². The van der Waals surface area contributed by atoms with E-state index in [4.69, 9.17) is 0 Å². The Labute approximate surface area is 251 Å². The van der Waals surface area contributed by atoms with Gasteiger partial charge in [0.25, 0.3) is 0 Å². The average Bonchev–Trinajstić information content (AvgIpc) is 3.75. The summed E-state index contributed by atoms with van der Waals surface area (Å²) in [7, 11) is 0. The van der Waals surface area contributed by atoms with Crippen molar-refractivity contribution in [3.63, 3.8) is 0 Å². The van der Waals surface area contributed by atoms with E-state index >= 15 is 0 Å². The lowest BCUT2D eigenvalue weighted by atomic mass is 10.0. The molecule has 0 atom stereocenters. The topological polar surface area (TPSA) is 118 Å². The van der Waals surface area contributed by atoms with Crippen molar-refractivity contribution in [1.82, 2.24) is 46.4 Å². The molecule has 4 aliphatic rings. The van der Waals surface area contributed by atoms with Crippen molar-refractivity contribution >= 4 is 11.3 Å². The van der Waals surface area contributed by atoms with Crippen LogP contribution in [0.5, 0.6) is 0 Å². The first-order valence-corrected chi connectivity index (χ1v) is 14.1. The van der Waals surface area contributed by atoms with Gasteiger partial charge in [-0.15, -0.1) is 11.3 Å². The highest BCUT2D eigenvalue weighted by molar-refractivity contribution is 7.09. The summed E-state index contributed by atoms with van der Waals surface area (Å²) < 4.78 is 0. The Hall–Kier alpha value is -2.89. The molecule has 0 aliphatic carbocycles. The number of hydrogen-bond donors (Lipinski definition) is 6. The van der Waals surface area contributed by atoms with Crippen LogP contribution in [0, 0.1) is 0 Å². The van der Waals surface area contributed by atoms with Gasteiger partial charge < -0.3 is 26.3 Å². The summed E-state index contributed by atoms with van der Waals surface area (Å²) in [5.41, 5.74) is 11.3. The second kappa shape index (κ2) is 19.3. The van der Waals surface area contributed by atoms with Crippen LogP contribution >= 0.6 is 11.3 Å². The van der Waals surface area contributed by atoms with Crippen LogP contribution in [0.1, 0.15) is 74.0 Å². The first kappa shape index (κ1) is 36.1. The van der Waals surface area contributed by atoms with Gasteiger partial charge in [0.05, 0.1) is 40.8 Å². The number of hydrogen-bond acceptors (Lipinski definition) is 8. The van der Waals surface area contributed by atoms with Crippen LogP contribution in [-0.2, 0) is 51.9 Å². The first-order chi connectivity index (χ1) is 18.4. The fourth-order valence-corrected chi connectivity index (χ4v) is 5.53. The summed E-state index contributed by atoms with van der Waals surface area (Å²) in [6.07, 6.45) is 8.16. The Morgan fingerprint density at radius 1 is 0.610 bits per heavy atom. The standard InChI is InChI=1S/C9H11N.2C6H9N3.C6H8N2S.4CH4/c1-2-4-9-7-10-6-5-8(9)3-1;1-2-7-3-6-5(1)8-4-9-6;1-2-7-4-6-5(1)3-8-9-6;1-2-7-3-6-5(1)8-4-9-6;;;;/h1-4,10H,5-7H2;4,7H,1-3H2,(H,8,9);3,7H,1-2,4H2,(H,8,9);4,7H,1-3H2;4*1H4. The number of aromatic amines is 2. The minimum absolute atomic E-state index is 0. The molecule has 8 rings (SSSR count). The van der Waals surface area contributed by atoms with E-state index in [0.29, 0.717) is 0 Å². The summed E-state index contributed by atoms with van der Waals surface area (Å²) in [6, 6.07) is 8.63. The minimum atomic E-state index is 0. The Morgan fingerprint density at radius 3 is 1.95 bits per heavy atom. The molecule has 9 nitrogen and oxygen atoms in total. The van der Waals surface area contributed by atoms with Crippen LogP contribution in [0.25, 0.3) is 0 Å². The third-order valence-electron chi connectivity index (χ3n) is 6.88. The Bertz CT molecular complexity index is 1030. The molecule has 7 heterocycles. The maximum atomic E-state index is 4.24. The Morgan fingerprint density at radius 2 is 1.24 bits per heavy atom. The van der Waals surface area contributed by atoms with Crippen molar-refractivity contribution in [2.45, 2.75) is 81.6 Å². The molecule has 0 saturated heterocycles. The summed E-state index contributed by atoms with van der Waals surface area (Å²) in [5, 5.41) is 20.0. The third-order valence-corrected chi connectivity index (χ3v) is 7.76. The lowest BCUT2D eigenvalue weighted by Crippen LogP contribution is -2.23. The molecule has 41 heavy (non-hydrogen) atoms. The second-order valence-electron chi connectivity index (χ2n) is 9.40. The van der Waals surface area contributed by atoms with Gasteiger partial charge in [-0.2, -0.15) is 5.10 Å². The van der Waals surface area contributed by atoms with Gasteiger partial charge in [0.1, 0.15) is 0 Å². The van der Waals surface area contributed by atoms with Crippen LogP contribution in [0.15, 0.2) is 42.3 Å². The molecule has 4 aromatic rings. The van der Waals surface area contributed by atoms with Gasteiger partial charge in [-0.05, 0) is 42.6 Å². The minimum Gasteiger partial charge on any atom is -0.347 e. The highest BCUT2D eigenvalue weighted by atomic mass is 32.1. The maximum Gasteiger partial charge on any atom is 0.0925 e. The van der Waals surface area contributed by atoms with Crippen LogP contribution in [0.4, 0.5) is 0 Å². The van der Waals surface area contributed by atoms with Gasteiger partial charge in [0, 0.05) is 57.0 Å². The number of nitrogens with one attached hydrogen (secondary N) is 6. The molecule has 10 heteroatoms. The highest BCUT2D eigenvalue weighted by Gasteiger charge is 2.10. The second-order valence-corrected chi connectivity index (χ2v) is 10.3. The summed E-state index contributed by atoms with van der Waals surface area (Å²) >= 11 is 1.75. The van der Waals surface area contributed by atoms with Gasteiger partial charge in [-0.3, -0.25) is 5.10 Å². The monoisotopic (exact) mass is 583 g/mol. The van der Waals surface area contributed by atoms with Crippen molar-refractivity contribution in [2.75, 3.05) is 26.2 Å². The van der Waals surface area contributed by atoms with Crippen molar-refractivity contribution in [3.8, 4) is 0 Å². The Balaban J connectivity index is 0.000000265. The smallest absolute Gasteiger partial charge is 0.0925 e. The molecule has 3 aromatic heterocycles. The van der Waals surface area contributed by atoms with Crippen LogP contribution < -0.4 is 21.3 Å². The molecule has 0 fully saturated rings.